The van der Waals surface area contributed by atoms with Crippen LogP contribution in [0.4, 0.5) is 5.69 Å². The van der Waals surface area contributed by atoms with Gasteiger partial charge in [0.25, 0.3) is 0 Å². The minimum absolute atomic E-state index is 0. The average Bonchev–Trinajstić information content (AvgIpc) is 2.76. The highest BCUT2D eigenvalue weighted by atomic mass is 127. The van der Waals surface area contributed by atoms with Crippen molar-refractivity contribution in [3.05, 3.63) is 29.8 Å². The summed E-state index contributed by atoms with van der Waals surface area (Å²) in [6, 6.07) is 8.59. The number of nitrogens with zero attached hydrogens (tertiary/aromatic N) is 3. The number of aliphatic imine (C=N–C) groups is 1. The second-order valence-electron chi connectivity index (χ2n) is 8.04. The van der Waals surface area contributed by atoms with Crippen molar-refractivity contribution in [2.75, 3.05) is 57.9 Å². The van der Waals surface area contributed by atoms with Crippen molar-refractivity contribution in [1.29, 1.82) is 0 Å². The van der Waals surface area contributed by atoms with Crippen molar-refractivity contribution in [3.63, 3.8) is 0 Å². The summed E-state index contributed by atoms with van der Waals surface area (Å²) < 4.78 is 5.48. The van der Waals surface area contributed by atoms with E-state index < -0.39 is 0 Å². The summed E-state index contributed by atoms with van der Waals surface area (Å²) in [5.41, 5.74) is 2.29. The van der Waals surface area contributed by atoms with Crippen molar-refractivity contribution in [1.82, 2.24) is 15.5 Å². The van der Waals surface area contributed by atoms with Crippen LogP contribution in [-0.4, -0.2) is 75.8 Å². The maximum Gasteiger partial charge on any atom is 0.246 e. The van der Waals surface area contributed by atoms with Crippen LogP contribution in [0.2, 0.25) is 0 Å². The Morgan fingerprint density at radius 2 is 1.90 bits per heavy atom. The molecule has 0 aliphatic carbocycles. The first-order valence-electron chi connectivity index (χ1n) is 10.7. The molecule has 0 spiro atoms. The summed E-state index contributed by atoms with van der Waals surface area (Å²) in [7, 11) is 1.75. The van der Waals surface area contributed by atoms with Crippen LogP contribution in [0.5, 0.6) is 0 Å². The molecule has 1 fully saturated rings. The fourth-order valence-corrected chi connectivity index (χ4v) is 4.16. The molecule has 168 valence electrons. The lowest BCUT2D eigenvalue weighted by atomic mass is 10.0. The highest BCUT2D eigenvalue weighted by molar-refractivity contribution is 14.0. The standard InChI is InChI=1S/C22H35N5O2.HI/c1-17(2)20(26-11-13-29-14-12-26)15-24-22(23-3)25-16-21(28)27-10-6-8-18-7-4-5-9-19(18)27;/h4-5,7,9,17,20H,6,8,10-16H2,1-3H3,(H2,23,24,25);1H. The molecule has 2 aliphatic rings. The lowest BCUT2D eigenvalue weighted by molar-refractivity contribution is -0.117. The zero-order chi connectivity index (χ0) is 20.6. The number of anilines is 1. The van der Waals surface area contributed by atoms with Crippen molar-refractivity contribution in [2.45, 2.75) is 32.7 Å². The summed E-state index contributed by atoms with van der Waals surface area (Å²) >= 11 is 0. The van der Waals surface area contributed by atoms with Gasteiger partial charge in [-0.25, -0.2) is 0 Å². The monoisotopic (exact) mass is 529 g/mol. The van der Waals surface area contributed by atoms with Gasteiger partial charge in [0.2, 0.25) is 5.91 Å². The zero-order valence-corrected chi connectivity index (χ0v) is 20.7. The van der Waals surface area contributed by atoms with Crippen molar-refractivity contribution >= 4 is 41.5 Å². The van der Waals surface area contributed by atoms with Crippen LogP contribution in [0.15, 0.2) is 29.3 Å². The van der Waals surface area contributed by atoms with Crippen LogP contribution in [0.3, 0.4) is 0 Å². The molecule has 1 amide bonds. The number of benzene rings is 1. The molecule has 3 rings (SSSR count). The Labute approximate surface area is 197 Å². The van der Waals surface area contributed by atoms with Crippen LogP contribution in [0.25, 0.3) is 0 Å². The van der Waals surface area contributed by atoms with E-state index in [0.717, 1.165) is 57.9 Å². The van der Waals surface area contributed by atoms with Crippen LogP contribution in [0, 0.1) is 5.92 Å². The van der Waals surface area contributed by atoms with E-state index >= 15 is 0 Å². The first-order valence-corrected chi connectivity index (χ1v) is 10.7. The Morgan fingerprint density at radius 3 is 2.60 bits per heavy atom. The molecule has 1 saturated heterocycles. The van der Waals surface area contributed by atoms with Gasteiger partial charge in [-0.3, -0.25) is 14.7 Å². The van der Waals surface area contributed by atoms with Gasteiger partial charge >= 0.3 is 0 Å². The van der Waals surface area contributed by atoms with Gasteiger partial charge in [0.15, 0.2) is 5.96 Å². The molecule has 8 heteroatoms. The molecule has 1 aromatic rings. The Morgan fingerprint density at radius 1 is 1.17 bits per heavy atom. The molecule has 2 N–H and O–H groups in total. The number of para-hydroxylation sites is 1. The largest absolute Gasteiger partial charge is 0.379 e. The van der Waals surface area contributed by atoms with Crippen molar-refractivity contribution < 1.29 is 9.53 Å². The lowest BCUT2D eigenvalue weighted by Crippen LogP contribution is -2.53. The molecule has 1 atom stereocenters. The normalized spacial score (nSPS) is 18.4. The van der Waals surface area contributed by atoms with E-state index in [1.165, 1.54) is 5.56 Å². The third kappa shape index (κ3) is 6.55. The maximum atomic E-state index is 12.8. The minimum atomic E-state index is 0. The van der Waals surface area contributed by atoms with E-state index in [4.69, 9.17) is 4.74 Å². The van der Waals surface area contributed by atoms with E-state index in [-0.39, 0.29) is 36.4 Å². The summed E-state index contributed by atoms with van der Waals surface area (Å²) in [6.07, 6.45) is 2.04. The van der Waals surface area contributed by atoms with Gasteiger partial charge in [-0.05, 0) is 30.4 Å². The average molecular weight is 529 g/mol. The van der Waals surface area contributed by atoms with Crippen LogP contribution >= 0.6 is 24.0 Å². The number of amides is 1. The highest BCUT2D eigenvalue weighted by Gasteiger charge is 2.25. The number of rotatable bonds is 6. The van der Waals surface area contributed by atoms with E-state index in [9.17, 15) is 4.79 Å². The first-order chi connectivity index (χ1) is 14.1. The van der Waals surface area contributed by atoms with Crippen LogP contribution in [-0.2, 0) is 16.0 Å². The van der Waals surface area contributed by atoms with Gasteiger partial charge in [0, 0.05) is 45.0 Å². The molecule has 7 nitrogen and oxygen atoms in total. The van der Waals surface area contributed by atoms with Gasteiger partial charge in [-0.2, -0.15) is 0 Å². The van der Waals surface area contributed by atoms with Gasteiger partial charge in [-0.1, -0.05) is 32.0 Å². The minimum Gasteiger partial charge on any atom is -0.379 e. The number of nitrogens with one attached hydrogen (secondary N) is 2. The number of morpholine rings is 1. The Balaban J connectivity index is 0.00000320. The molecule has 0 bridgehead atoms. The van der Waals surface area contributed by atoms with Crippen LogP contribution in [0.1, 0.15) is 25.8 Å². The molecule has 1 aromatic carbocycles. The number of aryl methyl sites for hydroxylation is 1. The van der Waals surface area contributed by atoms with Crippen molar-refractivity contribution in [2.24, 2.45) is 10.9 Å². The third-order valence-corrected chi connectivity index (χ3v) is 5.80. The number of ether oxygens (including phenoxy) is 1. The molecule has 2 heterocycles. The third-order valence-electron chi connectivity index (χ3n) is 5.80. The van der Waals surface area contributed by atoms with E-state index in [0.29, 0.717) is 17.9 Å². The van der Waals surface area contributed by atoms with Gasteiger partial charge in [-0.15, -0.1) is 24.0 Å². The van der Waals surface area contributed by atoms with Gasteiger partial charge < -0.3 is 20.3 Å². The Hall–Kier alpha value is -1.39. The van der Waals surface area contributed by atoms with Gasteiger partial charge in [0.05, 0.1) is 19.8 Å². The number of guanidine groups is 1. The molecular formula is C22H36IN5O2. The fourth-order valence-electron chi connectivity index (χ4n) is 4.16. The van der Waals surface area contributed by atoms with E-state index in [2.05, 4.69) is 40.4 Å². The van der Waals surface area contributed by atoms with E-state index in [1.807, 2.05) is 23.1 Å². The summed E-state index contributed by atoms with van der Waals surface area (Å²) in [6.45, 7) is 9.80. The summed E-state index contributed by atoms with van der Waals surface area (Å²) in [5.74, 6) is 1.27. The SMILES string of the molecule is CN=C(NCC(=O)N1CCCc2ccccc21)NCC(C(C)C)N1CCOCC1.I. The Kier molecular flexibility index (Phi) is 10.3. The van der Waals surface area contributed by atoms with E-state index in [1.54, 1.807) is 7.05 Å². The smallest absolute Gasteiger partial charge is 0.246 e. The lowest BCUT2D eigenvalue weighted by Gasteiger charge is -2.37. The number of hydrogen-bond acceptors (Lipinski definition) is 4. The second kappa shape index (κ2) is 12.5. The molecule has 2 aliphatic heterocycles. The molecule has 0 saturated carbocycles. The predicted octanol–water partition coefficient (Wildman–Crippen LogP) is 2.11. The second-order valence-corrected chi connectivity index (χ2v) is 8.04. The maximum absolute atomic E-state index is 12.8. The number of fused-ring (bicyclic) bond motifs is 1. The molecule has 1 unspecified atom stereocenters. The first kappa shape index (κ1) is 24.9. The topological polar surface area (TPSA) is 69.2 Å². The fraction of sp³-hybridized carbons (Fsp3) is 0.636. The number of halogens is 1. The summed E-state index contributed by atoms with van der Waals surface area (Å²) in [4.78, 5) is 21.5. The van der Waals surface area contributed by atoms with Gasteiger partial charge in [0.1, 0.15) is 0 Å². The van der Waals surface area contributed by atoms with Crippen molar-refractivity contribution in [3.8, 4) is 0 Å². The summed E-state index contributed by atoms with van der Waals surface area (Å²) in [5, 5.41) is 6.61. The zero-order valence-electron chi connectivity index (χ0n) is 18.4. The molecule has 0 radical (unpaired) electrons. The number of carbonyl (C=O) groups is 1. The molecule has 30 heavy (non-hydrogen) atoms. The quantitative estimate of drug-likeness (QED) is 0.336. The Bertz CT molecular complexity index is 707. The number of carbonyl (C=O) groups excluding carboxylic acids is 1. The molecular weight excluding hydrogens is 493 g/mol. The molecule has 0 aromatic heterocycles. The van der Waals surface area contributed by atoms with Crippen LogP contribution < -0.4 is 15.5 Å². The number of hydrogen-bond donors (Lipinski definition) is 2. The predicted molar refractivity (Wildman–Crippen MR) is 133 cm³/mol. The highest BCUT2D eigenvalue weighted by Crippen LogP contribution is 2.26.